The van der Waals surface area contributed by atoms with Gasteiger partial charge in [0.2, 0.25) is 5.91 Å². The molecule has 3 rings (SSSR count). The van der Waals surface area contributed by atoms with E-state index >= 15 is 0 Å². The van der Waals surface area contributed by atoms with E-state index in [1.807, 2.05) is 37.4 Å². The molecule has 0 spiro atoms. The second-order valence-corrected chi connectivity index (χ2v) is 7.31. The first-order valence-electron chi connectivity index (χ1n) is 7.89. The Kier molecular flexibility index (Phi) is 4.89. The summed E-state index contributed by atoms with van der Waals surface area (Å²) in [5, 5.41) is 12.2. The standard InChI is InChI=1S/C17H20N4O2S/c1-10(2)8-19-15(22)11(3)24-17-21-20-16(23-17)13-9-18-14-7-5-4-6-12(13)14/h4-7,9-11,18H,8H2,1-3H3,(H,19,22). The number of carbonyl (C=O) groups excluding carboxylic acids is 1. The van der Waals surface area contributed by atoms with E-state index in [-0.39, 0.29) is 11.2 Å². The molecule has 7 heteroatoms. The number of H-pyrrole nitrogens is 1. The number of aromatic nitrogens is 3. The van der Waals surface area contributed by atoms with Crippen LogP contribution >= 0.6 is 11.8 Å². The van der Waals surface area contributed by atoms with E-state index in [4.69, 9.17) is 4.42 Å². The van der Waals surface area contributed by atoms with E-state index < -0.39 is 0 Å². The van der Waals surface area contributed by atoms with Gasteiger partial charge < -0.3 is 14.7 Å². The maximum Gasteiger partial charge on any atom is 0.277 e. The van der Waals surface area contributed by atoms with Crippen LogP contribution in [0.3, 0.4) is 0 Å². The van der Waals surface area contributed by atoms with Gasteiger partial charge in [-0.3, -0.25) is 4.79 Å². The normalized spacial score (nSPS) is 12.7. The summed E-state index contributed by atoms with van der Waals surface area (Å²) in [7, 11) is 0. The summed E-state index contributed by atoms with van der Waals surface area (Å²) in [6, 6.07) is 7.92. The van der Waals surface area contributed by atoms with Crippen LogP contribution in [0.2, 0.25) is 0 Å². The molecule has 0 aliphatic heterocycles. The number of carbonyl (C=O) groups is 1. The van der Waals surface area contributed by atoms with Crippen molar-refractivity contribution in [2.75, 3.05) is 6.54 Å². The Morgan fingerprint density at radius 3 is 2.88 bits per heavy atom. The van der Waals surface area contributed by atoms with E-state index in [1.54, 1.807) is 0 Å². The number of nitrogens with one attached hydrogen (secondary N) is 2. The van der Waals surface area contributed by atoms with Crippen molar-refractivity contribution < 1.29 is 9.21 Å². The molecule has 1 atom stereocenters. The van der Waals surface area contributed by atoms with E-state index in [9.17, 15) is 4.79 Å². The molecule has 2 heterocycles. The van der Waals surface area contributed by atoms with Gasteiger partial charge in [0, 0.05) is 23.6 Å². The average Bonchev–Trinajstić information content (AvgIpc) is 3.18. The SMILES string of the molecule is CC(C)CNC(=O)C(C)Sc1nnc(-c2c[nH]c3ccccc23)o1. The molecule has 0 bridgehead atoms. The van der Waals surface area contributed by atoms with Crippen molar-refractivity contribution in [3.8, 4) is 11.5 Å². The van der Waals surface area contributed by atoms with Crippen LogP contribution in [0, 0.1) is 5.92 Å². The third-order valence-corrected chi connectivity index (χ3v) is 4.49. The zero-order chi connectivity index (χ0) is 17.1. The first-order valence-corrected chi connectivity index (χ1v) is 8.77. The molecule has 3 aromatic rings. The number of hydrogen-bond acceptors (Lipinski definition) is 5. The molecule has 0 aliphatic rings. The van der Waals surface area contributed by atoms with Crippen LogP contribution in [-0.2, 0) is 4.79 Å². The number of rotatable bonds is 6. The highest BCUT2D eigenvalue weighted by Gasteiger charge is 2.19. The Morgan fingerprint density at radius 2 is 2.08 bits per heavy atom. The van der Waals surface area contributed by atoms with Gasteiger partial charge in [0.05, 0.1) is 10.8 Å². The maximum atomic E-state index is 12.0. The second-order valence-electron chi connectivity index (χ2n) is 6.02. The summed E-state index contributed by atoms with van der Waals surface area (Å²) < 4.78 is 5.72. The van der Waals surface area contributed by atoms with Crippen LogP contribution in [0.25, 0.3) is 22.4 Å². The predicted octanol–water partition coefficient (Wildman–Crippen LogP) is 3.47. The molecular formula is C17H20N4O2S. The minimum Gasteiger partial charge on any atom is -0.411 e. The fraction of sp³-hybridized carbons (Fsp3) is 0.353. The fourth-order valence-electron chi connectivity index (χ4n) is 2.27. The summed E-state index contributed by atoms with van der Waals surface area (Å²) in [5.74, 6) is 0.841. The van der Waals surface area contributed by atoms with Gasteiger partial charge in [-0.2, -0.15) is 0 Å². The number of aromatic amines is 1. The van der Waals surface area contributed by atoms with Crippen molar-refractivity contribution >= 4 is 28.6 Å². The lowest BCUT2D eigenvalue weighted by molar-refractivity contribution is -0.120. The highest BCUT2D eigenvalue weighted by atomic mass is 32.2. The van der Waals surface area contributed by atoms with Gasteiger partial charge in [0.15, 0.2) is 0 Å². The fourth-order valence-corrected chi connectivity index (χ4v) is 2.98. The molecule has 24 heavy (non-hydrogen) atoms. The molecule has 0 aliphatic carbocycles. The molecular weight excluding hydrogens is 324 g/mol. The summed E-state index contributed by atoms with van der Waals surface area (Å²) >= 11 is 1.26. The van der Waals surface area contributed by atoms with Gasteiger partial charge in [0.25, 0.3) is 11.1 Å². The topological polar surface area (TPSA) is 83.8 Å². The lowest BCUT2D eigenvalue weighted by atomic mass is 10.2. The molecule has 0 radical (unpaired) electrons. The molecule has 0 saturated heterocycles. The van der Waals surface area contributed by atoms with E-state index in [0.717, 1.165) is 16.5 Å². The van der Waals surface area contributed by atoms with Crippen molar-refractivity contribution in [2.24, 2.45) is 5.92 Å². The van der Waals surface area contributed by atoms with Crippen molar-refractivity contribution in [1.29, 1.82) is 0 Å². The Hall–Kier alpha value is -2.28. The molecule has 2 N–H and O–H groups in total. The highest BCUT2D eigenvalue weighted by Crippen LogP contribution is 2.30. The van der Waals surface area contributed by atoms with Gasteiger partial charge in [-0.1, -0.05) is 43.8 Å². The molecule has 0 saturated carbocycles. The van der Waals surface area contributed by atoms with Crippen LogP contribution in [0.1, 0.15) is 20.8 Å². The van der Waals surface area contributed by atoms with Gasteiger partial charge in [0.1, 0.15) is 0 Å². The van der Waals surface area contributed by atoms with Crippen molar-refractivity contribution in [1.82, 2.24) is 20.5 Å². The Labute approximate surface area is 144 Å². The van der Waals surface area contributed by atoms with E-state index in [2.05, 4.69) is 34.3 Å². The summed E-state index contributed by atoms with van der Waals surface area (Å²) in [6.45, 7) is 6.61. The molecule has 0 fully saturated rings. The van der Waals surface area contributed by atoms with E-state index in [1.165, 1.54) is 11.8 Å². The number of para-hydroxylation sites is 1. The number of nitrogens with zero attached hydrogens (tertiary/aromatic N) is 2. The Morgan fingerprint density at radius 1 is 1.29 bits per heavy atom. The molecule has 1 unspecified atom stereocenters. The molecule has 6 nitrogen and oxygen atoms in total. The largest absolute Gasteiger partial charge is 0.411 e. The quantitative estimate of drug-likeness (QED) is 0.669. The summed E-state index contributed by atoms with van der Waals surface area (Å²) in [5.41, 5.74) is 1.88. The Bertz CT molecular complexity index is 840. The molecule has 1 aromatic carbocycles. The maximum absolute atomic E-state index is 12.0. The predicted molar refractivity (Wildman–Crippen MR) is 94.8 cm³/mol. The van der Waals surface area contributed by atoms with Crippen LogP contribution < -0.4 is 5.32 Å². The van der Waals surface area contributed by atoms with Crippen molar-refractivity contribution in [2.45, 2.75) is 31.2 Å². The summed E-state index contributed by atoms with van der Waals surface area (Å²) in [4.78, 5) is 15.2. The van der Waals surface area contributed by atoms with Gasteiger partial charge in [-0.15, -0.1) is 10.2 Å². The monoisotopic (exact) mass is 344 g/mol. The second kappa shape index (κ2) is 7.09. The number of amides is 1. The van der Waals surface area contributed by atoms with Crippen LogP contribution in [-0.4, -0.2) is 32.9 Å². The number of thioether (sulfide) groups is 1. The zero-order valence-corrected chi connectivity index (χ0v) is 14.7. The van der Waals surface area contributed by atoms with Crippen LogP contribution in [0.5, 0.6) is 0 Å². The first-order chi connectivity index (χ1) is 11.5. The minimum atomic E-state index is -0.292. The summed E-state index contributed by atoms with van der Waals surface area (Å²) in [6.07, 6.45) is 1.85. The van der Waals surface area contributed by atoms with Gasteiger partial charge in [-0.25, -0.2) is 0 Å². The molecule has 1 amide bonds. The first kappa shape index (κ1) is 16.6. The van der Waals surface area contributed by atoms with Crippen molar-refractivity contribution in [3.05, 3.63) is 30.5 Å². The Balaban J connectivity index is 1.70. The number of hydrogen-bond donors (Lipinski definition) is 2. The van der Waals surface area contributed by atoms with Crippen LogP contribution in [0.15, 0.2) is 40.1 Å². The third-order valence-electron chi connectivity index (χ3n) is 3.56. The third kappa shape index (κ3) is 3.62. The van der Waals surface area contributed by atoms with Crippen molar-refractivity contribution in [3.63, 3.8) is 0 Å². The lowest BCUT2D eigenvalue weighted by Gasteiger charge is -2.11. The lowest BCUT2D eigenvalue weighted by Crippen LogP contribution is -2.33. The average molecular weight is 344 g/mol. The zero-order valence-electron chi connectivity index (χ0n) is 13.9. The number of fused-ring (bicyclic) bond motifs is 1. The molecule has 2 aromatic heterocycles. The van der Waals surface area contributed by atoms with Crippen LogP contribution in [0.4, 0.5) is 0 Å². The number of benzene rings is 1. The smallest absolute Gasteiger partial charge is 0.277 e. The van der Waals surface area contributed by atoms with E-state index in [0.29, 0.717) is 23.6 Å². The van der Waals surface area contributed by atoms with Gasteiger partial charge in [-0.05, 0) is 18.9 Å². The highest BCUT2D eigenvalue weighted by molar-refractivity contribution is 8.00. The molecule has 126 valence electrons. The minimum absolute atomic E-state index is 0.0273. The van der Waals surface area contributed by atoms with Gasteiger partial charge >= 0.3 is 0 Å².